The number of amidine groups is 1. The Morgan fingerprint density at radius 2 is 1.78 bits per heavy atom. The molecule has 0 bridgehead atoms. The number of benzene rings is 2. The highest BCUT2D eigenvalue weighted by Crippen LogP contribution is 2.38. The Balaban J connectivity index is 1.87. The Labute approximate surface area is 157 Å². The van der Waals surface area contributed by atoms with Gasteiger partial charge in [0.05, 0.1) is 26.9 Å². The van der Waals surface area contributed by atoms with Crippen LogP contribution in [0.25, 0.3) is 0 Å². The molecule has 0 fully saturated rings. The van der Waals surface area contributed by atoms with Gasteiger partial charge in [-0.2, -0.15) is 0 Å². The zero-order chi connectivity index (χ0) is 19.2. The van der Waals surface area contributed by atoms with Crippen LogP contribution in [0.2, 0.25) is 0 Å². The number of aliphatic imine (C=N–C) groups is 1. The molecule has 0 unspecified atom stereocenters. The zero-order valence-corrected chi connectivity index (χ0v) is 15.7. The van der Waals surface area contributed by atoms with E-state index in [1.54, 1.807) is 45.6 Å². The predicted molar refractivity (Wildman–Crippen MR) is 101 cm³/mol. The standard InChI is InChI=1S/C20H23FN2O4/c1-24-16-10-13(11-17(25-2)19(16)26-3)12-27-15-7-4-6-14(21)18(15)20-22-8-5-9-23-20/h4,6-7,10-11H,5,8-9,12H2,1-3H3,(H,22,23). The summed E-state index contributed by atoms with van der Waals surface area (Å²) in [6, 6.07) is 8.36. The molecule has 1 N–H and O–H groups in total. The fourth-order valence-electron chi connectivity index (χ4n) is 2.93. The summed E-state index contributed by atoms with van der Waals surface area (Å²) in [5.74, 6) is 2.17. The molecule has 0 spiro atoms. The van der Waals surface area contributed by atoms with E-state index in [9.17, 15) is 4.39 Å². The van der Waals surface area contributed by atoms with Crippen LogP contribution in [0.3, 0.4) is 0 Å². The maximum absolute atomic E-state index is 14.4. The molecule has 6 nitrogen and oxygen atoms in total. The van der Waals surface area contributed by atoms with Crippen molar-refractivity contribution < 1.29 is 23.3 Å². The first-order valence-corrected chi connectivity index (χ1v) is 8.66. The maximum Gasteiger partial charge on any atom is 0.203 e. The molecule has 1 heterocycles. The summed E-state index contributed by atoms with van der Waals surface area (Å²) < 4.78 is 36.4. The van der Waals surface area contributed by atoms with E-state index in [1.807, 2.05) is 0 Å². The van der Waals surface area contributed by atoms with Crippen molar-refractivity contribution in [2.24, 2.45) is 4.99 Å². The highest BCUT2D eigenvalue weighted by molar-refractivity contribution is 6.01. The van der Waals surface area contributed by atoms with Crippen molar-refractivity contribution in [2.45, 2.75) is 13.0 Å². The van der Waals surface area contributed by atoms with Crippen LogP contribution in [-0.4, -0.2) is 40.3 Å². The minimum absolute atomic E-state index is 0.209. The molecular formula is C20H23FN2O4. The van der Waals surface area contributed by atoms with Crippen molar-refractivity contribution in [1.29, 1.82) is 0 Å². The van der Waals surface area contributed by atoms with E-state index >= 15 is 0 Å². The van der Waals surface area contributed by atoms with Gasteiger partial charge in [-0.3, -0.25) is 4.99 Å². The Morgan fingerprint density at radius 3 is 2.37 bits per heavy atom. The Hall–Kier alpha value is -2.96. The van der Waals surface area contributed by atoms with Gasteiger partial charge in [0, 0.05) is 13.1 Å². The molecule has 1 aliphatic rings. The SMILES string of the molecule is COc1cc(COc2cccc(F)c2C2=NCCCN2)cc(OC)c1OC. The minimum Gasteiger partial charge on any atom is -0.493 e. The van der Waals surface area contributed by atoms with Crippen molar-refractivity contribution in [3.8, 4) is 23.0 Å². The molecule has 144 valence electrons. The number of rotatable bonds is 7. The fraction of sp³-hybridized carbons (Fsp3) is 0.350. The Morgan fingerprint density at radius 1 is 1.04 bits per heavy atom. The monoisotopic (exact) mass is 374 g/mol. The largest absolute Gasteiger partial charge is 0.493 e. The van der Waals surface area contributed by atoms with E-state index in [1.165, 1.54) is 6.07 Å². The molecule has 3 rings (SSSR count). The lowest BCUT2D eigenvalue weighted by Crippen LogP contribution is -2.31. The van der Waals surface area contributed by atoms with Crippen LogP contribution >= 0.6 is 0 Å². The van der Waals surface area contributed by atoms with Crippen molar-refractivity contribution >= 4 is 5.84 Å². The highest BCUT2D eigenvalue weighted by Gasteiger charge is 2.19. The molecule has 2 aromatic rings. The summed E-state index contributed by atoms with van der Waals surface area (Å²) in [5, 5.41) is 3.14. The molecule has 2 aromatic carbocycles. The van der Waals surface area contributed by atoms with Gasteiger partial charge < -0.3 is 24.3 Å². The third-order valence-corrected chi connectivity index (χ3v) is 4.23. The predicted octanol–water partition coefficient (Wildman–Crippen LogP) is 3.17. The van der Waals surface area contributed by atoms with E-state index in [0.29, 0.717) is 40.9 Å². The Bertz CT molecular complexity index is 814. The van der Waals surface area contributed by atoms with E-state index in [4.69, 9.17) is 18.9 Å². The van der Waals surface area contributed by atoms with Gasteiger partial charge in [0.25, 0.3) is 0 Å². The van der Waals surface area contributed by atoms with Gasteiger partial charge in [0.15, 0.2) is 11.5 Å². The molecule has 0 atom stereocenters. The average molecular weight is 374 g/mol. The van der Waals surface area contributed by atoms with Crippen molar-refractivity contribution in [3.05, 3.63) is 47.3 Å². The van der Waals surface area contributed by atoms with Crippen LogP contribution in [0.15, 0.2) is 35.3 Å². The summed E-state index contributed by atoms with van der Waals surface area (Å²) in [7, 11) is 4.66. The Kier molecular flexibility index (Phi) is 6.01. The number of methoxy groups -OCH3 is 3. The van der Waals surface area contributed by atoms with Crippen LogP contribution in [0, 0.1) is 5.82 Å². The second kappa shape index (κ2) is 8.62. The number of nitrogens with zero attached hydrogens (tertiary/aromatic N) is 1. The highest BCUT2D eigenvalue weighted by atomic mass is 19.1. The first kappa shape index (κ1) is 18.8. The van der Waals surface area contributed by atoms with Crippen LogP contribution in [0.1, 0.15) is 17.5 Å². The van der Waals surface area contributed by atoms with Gasteiger partial charge in [0.2, 0.25) is 5.75 Å². The number of hydrogen-bond donors (Lipinski definition) is 1. The lowest BCUT2D eigenvalue weighted by Gasteiger charge is -2.19. The summed E-state index contributed by atoms with van der Waals surface area (Å²) >= 11 is 0. The van der Waals surface area contributed by atoms with Crippen molar-refractivity contribution in [2.75, 3.05) is 34.4 Å². The lowest BCUT2D eigenvalue weighted by molar-refractivity contribution is 0.296. The van der Waals surface area contributed by atoms with Gasteiger partial charge in [0.1, 0.15) is 24.0 Å². The third kappa shape index (κ3) is 4.07. The van der Waals surface area contributed by atoms with E-state index in [0.717, 1.165) is 18.5 Å². The lowest BCUT2D eigenvalue weighted by atomic mass is 10.1. The fourth-order valence-corrected chi connectivity index (χ4v) is 2.93. The number of nitrogens with one attached hydrogen (secondary N) is 1. The number of ether oxygens (including phenoxy) is 4. The second-order valence-electron chi connectivity index (χ2n) is 5.95. The average Bonchev–Trinajstić information content (AvgIpc) is 2.71. The number of hydrogen-bond acceptors (Lipinski definition) is 6. The number of halogens is 1. The van der Waals surface area contributed by atoms with Crippen LogP contribution in [-0.2, 0) is 6.61 Å². The van der Waals surface area contributed by atoms with Crippen LogP contribution in [0.5, 0.6) is 23.0 Å². The molecule has 27 heavy (non-hydrogen) atoms. The van der Waals surface area contributed by atoms with Gasteiger partial charge in [-0.05, 0) is 36.2 Å². The van der Waals surface area contributed by atoms with Crippen LogP contribution < -0.4 is 24.3 Å². The molecule has 0 saturated carbocycles. The van der Waals surface area contributed by atoms with Crippen LogP contribution in [0.4, 0.5) is 4.39 Å². The smallest absolute Gasteiger partial charge is 0.203 e. The summed E-state index contributed by atoms with van der Waals surface area (Å²) in [6.07, 6.45) is 0.930. The molecule has 0 aromatic heterocycles. The summed E-state index contributed by atoms with van der Waals surface area (Å²) in [5.41, 5.74) is 1.16. The van der Waals surface area contributed by atoms with E-state index in [2.05, 4.69) is 10.3 Å². The molecule has 0 aliphatic carbocycles. The van der Waals surface area contributed by atoms with Crippen molar-refractivity contribution in [3.63, 3.8) is 0 Å². The maximum atomic E-state index is 14.4. The normalized spacial score (nSPS) is 13.4. The topological polar surface area (TPSA) is 61.3 Å². The van der Waals surface area contributed by atoms with Gasteiger partial charge in [-0.15, -0.1) is 0 Å². The first-order valence-electron chi connectivity index (χ1n) is 8.66. The molecule has 0 saturated heterocycles. The van der Waals surface area contributed by atoms with E-state index < -0.39 is 0 Å². The summed E-state index contributed by atoms with van der Waals surface area (Å²) in [4.78, 5) is 4.38. The quantitative estimate of drug-likeness (QED) is 0.807. The van der Waals surface area contributed by atoms with Gasteiger partial charge >= 0.3 is 0 Å². The second-order valence-corrected chi connectivity index (χ2v) is 5.95. The zero-order valence-electron chi connectivity index (χ0n) is 15.7. The van der Waals surface area contributed by atoms with Crippen molar-refractivity contribution in [1.82, 2.24) is 5.32 Å². The third-order valence-electron chi connectivity index (χ3n) is 4.23. The van der Waals surface area contributed by atoms with E-state index in [-0.39, 0.29) is 12.4 Å². The first-order chi connectivity index (χ1) is 13.2. The van der Waals surface area contributed by atoms with Gasteiger partial charge in [-0.25, -0.2) is 4.39 Å². The minimum atomic E-state index is -0.370. The summed E-state index contributed by atoms with van der Waals surface area (Å²) in [6.45, 7) is 1.64. The molecule has 0 radical (unpaired) electrons. The van der Waals surface area contributed by atoms with Gasteiger partial charge in [-0.1, -0.05) is 6.07 Å². The molecule has 0 amide bonds. The molecular weight excluding hydrogens is 351 g/mol. The molecule has 7 heteroatoms. The molecule has 1 aliphatic heterocycles.